The average Bonchev–Trinajstić information content (AvgIpc) is 3.39. The number of carbonyl (C=O) groups excluding carboxylic acids is 2. The van der Waals surface area contributed by atoms with Gasteiger partial charge in [0, 0.05) is 24.0 Å². The third kappa shape index (κ3) is 4.19. The van der Waals surface area contributed by atoms with Crippen LogP contribution in [0.1, 0.15) is 47.6 Å². The summed E-state index contributed by atoms with van der Waals surface area (Å²) in [7, 11) is 0. The van der Waals surface area contributed by atoms with Crippen molar-refractivity contribution in [1.82, 2.24) is 10.2 Å². The maximum Gasteiger partial charge on any atom is 0.257 e. The average molecular weight is 387 g/mol. The molecule has 1 atom stereocenters. The zero-order valence-corrected chi connectivity index (χ0v) is 15.8. The molecule has 4 rings (SSSR count). The van der Waals surface area contributed by atoms with Gasteiger partial charge in [0.2, 0.25) is 5.91 Å². The Bertz CT molecular complexity index is 791. The van der Waals surface area contributed by atoms with Gasteiger partial charge < -0.3 is 14.6 Å². The van der Waals surface area contributed by atoms with Gasteiger partial charge in [-0.1, -0.05) is 23.7 Å². The zero-order chi connectivity index (χ0) is 18.8. The molecule has 1 aliphatic carbocycles. The summed E-state index contributed by atoms with van der Waals surface area (Å²) in [5.74, 6) is 0.529. The van der Waals surface area contributed by atoms with Gasteiger partial charge in [-0.3, -0.25) is 9.59 Å². The molecule has 1 N–H and O–H groups in total. The predicted octanol–water partition coefficient (Wildman–Crippen LogP) is 4.05. The monoisotopic (exact) mass is 386 g/mol. The fraction of sp³-hybridized carbons (Fsp3) is 0.429. The van der Waals surface area contributed by atoms with Crippen molar-refractivity contribution in [2.24, 2.45) is 11.8 Å². The zero-order valence-electron chi connectivity index (χ0n) is 15.1. The second-order valence-electron chi connectivity index (χ2n) is 7.45. The number of hydrogen-bond acceptors (Lipinski definition) is 3. The quantitative estimate of drug-likeness (QED) is 0.843. The summed E-state index contributed by atoms with van der Waals surface area (Å²) in [5, 5.41) is 3.96. The minimum Gasteiger partial charge on any atom is -0.472 e. The minimum atomic E-state index is -0.0491. The van der Waals surface area contributed by atoms with Crippen molar-refractivity contribution in [2.45, 2.75) is 31.7 Å². The third-order valence-corrected chi connectivity index (χ3v) is 5.79. The van der Waals surface area contributed by atoms with Gasteiger partial charge in [-0.05, 0) is 55.4 Å². The Morgan fingerprint density at radius 2 is 1.78 bits per heavy atom. The largest absolute Gasteiger partial charge is 0.472 e. The lowest BCUT2D eigenvalue weighted by atomic mass is 9.94. The minimum absolute atomic E-state index is 0.0281. The fourth-order valence-corrected chi connectivity index (χ4v) is 3.88. The van der Waals surface area contributed by atoms with Crippen LogP contribution in [0.3, 0.4) is 0 Å². The van der Waals surface area contributed by atoms with Crippen LogP contribution >= 0.6 is 11.6 Å². The van der Waals surface area contributed by atoms with E-state index in [9.17, 15) is 9.59 Å². The maximum absolute atomic E-state index is 12.8. The Morgan fingerprint density at radius 1 is 1.07 bits per heavy atom. The molecular formula is C21H23ClN2O3. The molecule has 2 amide bonds. The van der Waals surface area contributed by atoms with Crippen LogP contribution in [-0.2, 0) is 4.79 Å². The van der Waals surface area contributed by atoms with Crippen LogP contribution in [0.4, 0.5) is 0 Å². The van der Waals surface area contributed by atoms with Crippen LogP contribution in [0.25, 0.3) is 0 Å². The van der Waals surface area contributed by atoms with Gasteiger partial charge in [-0.2, -0.15) is 0 Å². The fourth-order valence-electron chi connectivity index (χ4n) is 3.76. The van der Waals surface area contributed by atoms with Crippen molar-refractivity contribution in [1.29, 1.82) is 0 Å². The van der Waals surface area contributed by atoms with Crippen LogP contribution in [0.15, 0.2) is 47.3 Å². The molecule has 1 saturated carbocycles. The lowest BCUT2D eigenvalue weighted by molar-refractivity contribution is -0.127. The second-order valence-corrected chi connectivity index (χ2v) is 7.89. The summed E-state index contributed by atoms with van der Waals surface area (Å²) in [6.07, 6.45) is 6.63. The van der Waals surface area contributed by atoms with Crippen LogP contribution in [-0.4, -0.2) is 29.8 Å². The topological polar surface area (TPSA) is 62.6 Å². The van der Waals surface area contributed by atoms with Gasteiger partial charge >= 0.3 is 0 Å². The molecule has 1 aromatic heterocycles. The van der Waals surface area contributed by atoms with E-state index in [1.807, 2.05) is 24.3 Å². The molecule has 0 radical (unpaired) electrons. The number of hydrogen-bond donors (Lipinski definition) is 1. The molecule has 1 unspecified atom stereocenters. The highest BCUT2D eigenvalue weighted by Gasteiger charge is 2.35. The van der Waals surface area contributed by atoms with Crippen LogP contribution in [0.5, 0.6) is 0 Å². The molecule has 2 aromatic rings. The smallest absolute Gasteiger partial charge is 0.257 e. The number of piperidine rings is 1. The molecule has 142 valence electrons. The van der Waals surface area contributed by atoms with E-state index < -0.39 is 0 Å². The second kappa shape index (κ2) is 7.77. The normalized spacial score (nSPS) is 18.9. The van der Waals surface area contributed by atoms with E-state index in [1.165, 1.54) is 12.5 Å². The summed E-state index contributed by atoms with van der Waals surface area (Å²) in [4.78, 5) is 27.0. The predicted molar refractivity (Wildman–Crippen MR) is 102 cm³/mol. The Morgan fingerprint density at radius 3 is 2.37 bits per heavy atom. The lowest BCUT2D eigenvalue weighted by Gasteiger charge is -2.32. The molecule has 1 aromatic carbocycles. The van der Waals surface area contributed by atoms with Crippen molar-refractivity contribution in [3.8, 4) is 0 Å². The van der Waals surface area contributed by atoms with E-state index in [4.69, 9.17) is 16.0 Å². The molecule has 5 nitrogen and oxygen atoms in total. The Labute approximate surface area is 163 Å². The number of amides is 2. The summed E-state index contributed by atoms with van der Waals surface area (Å²) in [6.45, 7) is 1.19. The first-order valence-electron chi connectivity index (χ1n) is 9.49. The van der Waals surface area contributed by atoms with Crippen molar-refractivity contribution < 1.29 is 14.0 Å². The SMILES string of the molecule is O=C(NC(c1ccc(Cl)cc1)C1CC1)C1CCN(C(=O)c2ccoc2)CC1. The molecular weight excluding hydrogens is 364 g/mol. The first-order chi connectivity index (χ1) is 13.1. The van der Waals surface area contributed by atoms with E-state index in [1.54, 1.807) is 11.0 Å². The van der Waals surface area contributed by atoms with Gasteiger partial charge in [0.15, 0.2) is 0 Å². The molecule has 0 bridgehead atoms. The summed E-state index contributed by atoms with van der Waals surface area (Å²) >= 11 is 5.99. The number of furan rings is 1. The molecule has 1 aliphatic heterocycles. The number of rotatable bonds is 5. The van der Waals surface area contributed by atoms with Crippen LogP contribution in [0, 0.1) is 11.8 Å². The number of benzene rings is 1. The Balaban J connectivity index is 1.34. The number of likely N-dealkylation sites (tertiary alicyclic amines) is 1. The Kier molecular flexibility index (Phi) is 5.21. The molecule has 2 fully saturated rings. The first-order valence-corrected chi connectivity index (χ1v) is 9.87. The van der Waals surface area contributed by atoms with Crippen molar-refractivity contribution in [2.75, 3.05) is 13.1 Å². The molecule has 27 heavy (non-hydrogen) atoms. The number of halogens is 1. The van der Waals surface area contributed by atoms with E-state index in [0.29, 0.717) is 42.4 Å². The van der Waals surface area contributed by atoms with Gasteiger partial charge in [0.25, 0.3) is 5.91 Å². The highest BCUT2D eigenvalue weighted by molar-refractivity contribution is 6.30. The highest BCUT2D eigenvalue weighted by atomic mass is 35.5. The van der Waals surface area contributed by atoms with Gasteiger partial charge in [-0.25, -0.2) is 0 Å². The molecule has 1 saturated heterocycles. The van der Waals surface area contributed by atoms with E-state index in [-0.39, 0.29) is 23.8 Å². The third-order valence-electron chi connectivity index (χ3n) is 5.54. The molecule has 6 heteroatoms. The van der Waals surface area contributed by atoms with Gasteiger partial charge in [-0.15, -0.1) is 0 Å². The van der Waals surface area contributed by atoms with Crippen LogP contribution in [0.2, 0.25) is 5.02 Å². The van der Waals surface area contributed by atoms with E-state index >= 15 is 0 Å². The van der Waals surface area contributed by atoms with Crippen molar-refractivity contribution in [3.63, 3.8) is 0 Å². The Hall–Kier alpha value is -2.27. The summed E-state index contributed by atoms with van der Waals surface area (Å²) < 4.78 is 4.99. The van der Waals surface area contributed by atoms with E-state index in [2.05, 4.69) is 5.32 Å². The maximum atomic E-state index is 12.8. The lowest BCUT2D eigenvalue weighted by Crippen LogP contribution is -2.44. The molecule has 2 aliphatic rings. The van der Waals surface area contributed by atoms with Gasteiger partial charge in [0.1, 0.15) is 6.26 Å². The first kappa shape index (κ1) is 18.1. The standard InChI is InChI=1S/C21H23ClN2O3/c22-18-5-3-15(4-6-18)19(14-1-2-14)23-20(25)16-7-10-24(11-8-16)21(26)17-9-12-27-13-17/h3-6,9,12-14,16,19H,1-2,7-8,10-11H2,(H,23,25). The molecule has 0 spiro atoms. The summed E-state index contributed by atoms with van der Waals surface area (Å²) in [6, 6.07) is 9.47. The number of nitrogens with one attached hydrogen (secondary N) is 1. The van der Waals surface area contributed by atoms with Crippen molar-refractivity contribution >= 4 is 23.4 Å². The number of nitrogens with zero attached hydrogens (tertiary/aromatic N) is 1. The number of carbonyl (C=O) groups is 2. The van der Waals surface area contributed by atoms with E-state index in [0.717, 1.165) is 18.4 Å². The van der Waals surface area contributed by atoms with Crippen molar-refractivity contribution in [3.05, 3.63) is 59.0 Å². The van der Waals surface area contributed by atoms with Crippen LogP contribution < -0.4 is 5.32 Å². The summed E-state index contributed by atoms with van der Waals surface area (Å²) in [5.41, 5.74) is 1.68. The van der Waals surface area contributed by atoms with Gasteiger partial charge in [0.05, 0.1) is 17.9 Å². The molecule has 2 heterocycles. The highest BCUT2D eigenvalue weighted by Crippen LogP contribution is 2.41.